The molecule has 0 saturated heterocycles. The van der Waals surface area contributed by atoms with Gasteiger partial charge in [0.1, 0.15) is 5.75 Å². The summed E-state index contributed by atoms with van der Waals surface area (Å²) in [7, 11) is 0. The molecule has 0 atom stereocenters. The minimum absolute atomic E-state index is 0.0322. The summed E-state index contributed by atoms with van der Waals surface area (Å²) in [5.74, 6) is -0.250. The molecule has 4 nitrogen and oxygen atoms in total. The first-order valence-electron chi connectivity index (χ1n) is 4.62. The average Bonchev–Trinajstić information content (AvgIpc) is 2.22. The topological polar surface area (TPSA) is 75.3 Å². The van der Waals surface area contributed by atoms with E-state index in [1.165, 1.54) is 18.2 Å². The Labute approximate surface area is 93.0 Å². The number of halogens is 1. The Morgan fingerprint density at radius 2 is 2.27 bits per heavy atom. The van der Waals surface area contributed by atoms with Gasteiger partial charge in [0.2, 0.25) is 0 Å². The van der Waals surface area contributed by atoms with Crippen LogP contribution in [0.15, 0.2) is 18.2 Å². The minimum Gasteiger partial charge on any atom is -0.506 e. The maximum Gasteiger partial charge on any atom is 0.251 e. The van der Waals surface area contributed by atoms with E-state index in [0.717, 1.165) is 6.42 Å². The molecular formula is C10H13ClN2O2. The Bertz CT molecular complexity index is 355. The van der Waals surface area contributed by atoms with Crippen LogP contribution in [0.2, 0.25) is 5.02 Å². The SMILES string of the molecule is NCCCNC(=O)c1ccc(O)c(Cl)c1. The van der Waals surface area contributed by atoms with E-state index in [9.17, 15) is 4.79 Å². The number of amides is 1. The smallest absolute Gasteiger partial charge is 0.251 e. The number of rotatable bonds is 4. The fraction of sp³-hybridized carbons (Fsp3) is 0.300. The largest absolute Gasteiger partial charge is 0.506 e. The van der Waals surface area contributed by atoms with E-state index in [-0.39, 0.29) is 16.7 Å². The molecule has 1 rings (SSSR count). The fourth-order valence-corrected chi connectivity index (χ4v) is 1.23. The molecule has 0 saturated carbocycles. The molecule has 1 aromatic carbocycles. The molecule has 0 aliphatic rings. The van der Waals surface area contributed by atoms with Gasteiger partial charge in [-0.2, -0.15) is 0 Å². The van der Waals surface area contributed by atoms with E-state index < -0.39 is 0 Å². The van der Waals surface area contributed by atoms with Gasteiger partial charge in [0, 0.05) is 12.1 Å². The van der Waals surface area contributed by atoms with Crippen molar-refractivity contribution in [3.8, 4) is 5.75 Å². The number of hydrogen-bond donors (Lipinski definition) is 3. The van der Waals surface area contributed by atoms with Crippen LogP contribution < -0.4 is 11.1 Å². The monoisotopic (exact) mass is 228 g/mol. The van der Waals surface area contributed by atoms with Gasteiger partial charge >= 0.3 is 0 Å². The lowest BCUT2D eigenvalue weighted by atomic mass is 10.2. The van der Waals surface area contributed by atoms with Crippen LogP contribution in [0.3, 0.4) is 0 Å². The average molecular weight is 229 g/mol. The quantitative estimate of drug-likeness (QED) is 0.676. The Balaban J connectivity index is 2.62. The number of carbonyl (C=O) groups excluding carboxylic acids is 1. The first-order chi connectivity index (χ1) is 7.15. The number of benzene rings is 1. The van der Waals surface area contributed by atoms with Gasteiger partial charge in [0.05, 0.1) is 5.02 Å². The lowest BCUT2D eigenvalue weighted by Crippen LogP contribution is -2.25. The second-order valence-electron chi connectivity index (χ2n) is 3.06. The standard InChI is InChI=1S/C10H13ClN2O2/c11-8-6-7(2-3-9(8)14)10(15)13-5-1-4-12/h2-3,6,14H,1,4-5,12H2,(H,13,15). The molecular weight excluding hydrogens is 216 g/mol. The Morgan fingerprint density at radius 3 is 2.87 bits per heavy atom. The van der Waals surface area contributed by atoms with Crippen LogP contribution in [0.4, 0.5) is 0 Å². The van der Waals surface area contributed by atoms with Gasteiger partial charge in [-0.1, -0.05) is 11.6 Å². The first-order valence-corrected chi connectivity index (χ1v) is 4.99. The maximum atomic E-state index is 11.5. The summed E-state index contributed by atoms with van der Waals surface area (Å²) < 4.78 is 0. The second-order valence-corrected chi connectivity index (χ2v) is 3.47. The summed E-state index contributed by atoms with van der Waals surface area (Å²) in [5.41, 5.74) is 5.72. The van der Waals surface area contributed by atoms with E-state index in [4.69, 9.17) is 22.4 Å². The van der Waals surface area contributed by atoms with Crippen molar-refractivity contribution in [2.45, 2.75) is 6.42 Å². The van der Waals surface area contributed by atoms with Crippen molar-refractivity contribution in [1.29, 1.82) is 0 Å². The molecule has 82 valence electrons. The zero-order chi connectivity index (χ0) is 11.3. The first kappa shape index (κ1) is 11.8. The lowest BCUT2D eigenvalue weighted by molar-refractivity contribution is 0.0953. The van der Waals surface area contributed by atoms with Crippen molar-refractivity contribution in [2.75, 3.05) is 13.1 Å². The van der Waals surface area contributed by atoms with E-state index >= 15 is 0 Å². The number of phenols is 1. The van der Waals surface area contributed by atoms with Crippen molar-refractivity contribution in [2.24, 2.45) is 5.73 Å². The molecule has 4 N–H and O–H groups in total. The third kappa shape index (κ3) is 3.42. The summed E-state index contributed by atoms with van der Waals surface area (Å²) >= 11 is 5.67. The summed E-state index contributed by atoms with van der Waals surface area (Å²) in [6.07, 6.45) is 0.734. The summed E-state index contributed by atoms with van der Waals surface area (Å²) in [6.45, 7) is 1.07. The van der Waals surface area contributed by atoms with Crippen molar-refractivity contribution in [3.63, 3.8) is 0 Å². The van der Waals surface area contributed by atoms with Crippen LogP contribution in [0.25, 0.3) is 0 Å². The predicted octanol–water partition coefficient (Wildman–Crippen LogP) is 1.12. The highest BCUT2D eigenvalue weighted by Gasteiger charge is 2.07. The van der Waals surface area contributed by atoms with Gasteiger partial charge in [0.15, 0.2) is 0 Å². The van der Waals surface area contributed by atoms with E-state index in [1.807, 2.05) is 0 Å². The van der Waals surface area contributed by atoms with Crippen LogP contribution in [0.1, 0.15) is 16.8 Å². The molecule has 0 fully saturated rings. The summed E-state index contributed by atoms with van der Waals surface area (Å²) in [5, 5.41) is 12.0. The zero-order valence-electron chi connectivity index (χ0n) is 8.16. The highest BCUT2D eigenvalue weighted by Crippen LogP contribution is 2.23. The normalized spacial score (nSPS) is 10.0. The Hall–Kier alpha value is -1.26. The molecule has 0 heterocycles. The number of phenolic OH excluding ortho intramolecular Hbond substituents is 1. The van der Waals surface area contributed by atoms with Crippen LogP contribution in [0.5, 0.6) is 5.75 Å². The lowest BCUT2D eigenvalue weighted by Gasteiger charge is -2.05. The van der Waals surface area contributed by atoms with Crippen LogP contribution in [0, 0.1) is 0 Å². The molecule has 1 amide bonds. The molecule has 1 aromatic rings. The van der Waals surface area contributed by atoms with Gasteiger partial charge in [0.25, 0.3) is 5.91 Å². The minimum atomic E-state index is -0.217. The number of hydrogen-bond acceptors (Lipinski definition) is 3. The third-order valence-electron chi connectivity index (χ3n) is 1.88. The van der Waals surface area contributed by atoms with Crippen molar-refractivity contribution in [3.05, 3.63) is 28.8 Å². The van der Waals surface area contributed by atoms with Crippen LogP contribution >= 0.6 is 11.6 Å². The second kappa shape index (κ2) is 5.58. The molecule has 0 aliphatic carbocycles. The van der Waals surface area contributed by atoms with Gasteiger partial charge in [-0.25, -0.2) is 0 Å². The molecule has 0 aliphatic heterocycles. The third-order valence-corrected chi connectivity index (χ3v) is 2.18. The van der Waals surface area contributed by atoms with E-state index in [1.54, 1.807) is 0 Å². The van der Waals surface area contributed by atoms with Crippen molar-refractivity contribution in [1.82, 2.24) is 5.32 Å². The highest BCUT2D eigenvalue weighted by atomic mass is 35.5. The maximum absolute atomic E-state index is 11.5. The Kier molecular flexibility index (Phi) is 4.39. The number of aromatic hydroxyl groups is 1. The zero-order valence-corrected chi connectivity index (χ0v) is 8.92. The van der Waals surface area contributed by atoms with E-state index in [0.29, 0.717) is 18.7 Å². The van der Waals surface area contributed by atoms with Crippen molar-refractivity contribution < 1.29 is 9.90 Å². The van der Waals surface area contributed by atoms with Crippen molar-refractivity contribution >= 4 is 17.5 Å². The number of nitrogens with two attached hydrogens (primary N) is 1. The molecule has 15 heavy (non-hydrogen) atoms. The molecule has 0 spiro atoms. The summed E-state index contributed by atoms with van der Waals surface area (Å²) in [4.78, 5) is 11.5. The molecule has 0 bridgehead atoms. The fourth-order valence-electron chi connectivity index (χ4n) is 1.05. The molecule has 0 radical (unpaired) electrons. The van der Waals surface area contributed by atoms with E-state index in [2.05, 4.69) is 5.32 Å². The Morgan fingerprint density at radius 1 is 1.53 bits per heavy atom. The predicted molar refractivity (Wildman–Crippen MR) is 59.1 cm³/mol. The number of nitrogens with one attached hydrogen (secondary N) is 1. The van der Waals surface area contributed by atoms with Gasteiger partial charge < -0.3 is 16.2 Å². The van der Waals surface area contributed by atoms with Crippen LogP contribution in [-0.2, 0) is 0 Å². The summed E-state index contributed by atoms with van der Waals surface area (Å²) in [6, 6.07) is 4.33. The van der Waals surface area contributed by atoms with Gasteiger partial charge in [-0.15, -0.1) is 0 Å². The molecule has 0 unspecified atom stereocenters. The van der Waals surface area contributed by atoms with Gasteiger partial charge in [-0.3, -0.25) is 4.79 Å². The molecule has 5 heteroatoms. The molecule has 0 aromatic heterocycles. The number of carbonyl (C=O) groups is 1. The highest BCUT2D eigenvalue weighted by molar-refractivity contribution is 6.32. The van der Waals surface area contributed by atoms with Gasteiger partial charge in [-0.05, 0) is 31.2 Å². The van der Waals surface area contributed by atoms with Crippen LogP contribution in [-0.4, -0.2) is 24.1 Å².